The summed E-state index contributed by atoms with van der Waals surface area (Å²) in [6.45, 7) is 6.92. The Labute approximate surface area is 125 Å². The molecule has 104 valence electrons. The highest BCUT2D eigenvalue weighted by atomic mass is 35.5. The maximum Gasteiger partial charge on any atom is 0.124 e. The van der Waals surface area contributed by atoms with Gasteiger partial charge >= 0.3 is 0 Å². The van der Waals surface area contributed by atoms with Crippen molar-refractivity contribution in [3.8, 4) is 5.75 Å². The number of hydrogen-bond acceptors (Lipinski definition) is 2. The summed E-state index contributed by atoms with van der Waals surface area (Å²) in [7, 11) is 0. The van der Waals surface area contributed by atoms with Crippen LogP contribution in [0.5, 0.6) is 5.75 Å². The Bertz CT molecular complexity index is 595. The van der Waals surface area contributed by atoms with Crippen molar-refractivity contribution < 1.29 is 4.74 Å². The molecule has 3 heteroatoms. The first-order valence-corrected chi connectivity index (χ1v) is 6.90. The number of benzene rings is 2. The summed E-state index contributed by atoms with van der Waals surface area (Å²) < 4.78 is 5.64. The molecule has 0 aliphatic rings. The molecule has 2 aromatic rings. The van der Waals surface area contributed by atoms with Crippen molar-refractivity contribution >= 4 is 17.3 Å². The fraction of sp³-hybridized carbons (Fsp3) is 0.176. The van der Waals surface area contributed by atoms with Crippen molar-refractivity contribution in [1.29, 1.82) is 0 Å². The lowest BCUT2D eigenvalue weighted by Gasteiger charge is -2.13. The van der Waals surface area contributed by atoms with Gasteiger partial charge in [0, 0.05) is 22.8 Å². The van der Waals surface area contributed by atoms with Gasteiger partial charge in [0.1, 0.15) is 12.4 Å². The van der Waals surface area contributed by atoms with Crippen LogP contribution in [0.25, 0.3) is 0 Å². The van der Waals surface area contributed by atoms with E-state index in [1.807, 2.05) is 43.3 Å². The van der Waals surface area contributed by atoms with E-state index in [-0.39, 0.29) is 0 Å². The third-order valence-electron chi connectivity index (χ3n) is 2.99. The summed E-state index contributed by atoms with van der Waals surface area (Å²) in [4.78, 5) is 0. The highest BCUT2D eigenvalue weighted by Gasteiger charge is 2.04. The first-order valence-electron chi connectivity index (χ1n) is 6.52. The molecule has 2 rings (SSSR count). The predicted octanol–water partition coefficient (Wildman–Crippen LogP) is 4.83. The lowest BCUT2D eigenvalue weighted by molar-refractivity contribution is 0.359. The highest BCUT2D eigenvalue weighted by Crippen LogP contribution is 2.23. The van der Waals surface area contributed by atoms with E-state index < -0.39 is 0 Å². The normalized spacial score (nSPS) is 10.1. The van der Waals surface area contributed by atoms with Crippen LogP contribution in [0.2, 0.25) is 5.02 Å². The Balaban J connectivity index is 2.08. The Morgan fingerprint density at radius 3 is 2.80 bits per heavy atom. The van der Waals surface area contributed by atoms with Gasteiger partial charge in [0.05, 0.1) is 0 Å². The molecule has 0 radical (unpaired) electrons. The molecule has 0 fully saturated rings. The standard InChI is InChI=1S/C17H18ClNO/c1-3-10-20-17-7-5-4-6-14(17)12-19-16-9-8-15(18)11-13(16)2/h3-9,11,19H,1,10,12H2,2H3. The van der Waals surface area contributed by atoms with E-state index in [1.54, 1.807) is 6.08 Å². The van der Waals surface area contributed by atoms with Crippen molar-refractivity contribution in [3.05, 3.63) is 71.3 Å². The van der Waals surface area contributed by atoms with E-state index in [0.717, 1.165) is 27.6 Å². The van der Waals surface area contributed by atoms with E-state index >= 15 is 0 Å². The van der Waals surface area contributed by atoms with Crippen LogP contribution >= 0.6 is 11.6 Å². The number of hydrogen-bond donors (Lipinski definition) is 1. The Morgan fingerprint density at radius 1 is 1.25 bits per heavy atom. The van der Waals surface area contributed by atoms with Crippen molar-refractivity contribution in [2.45, 2.75) is 13.5 Å². The van der Waals surface area contributed by atoms with Gasteiger partial charge in [0.25, 0.3) is 0 Å². The number of para-hydroxylation sites is 1. The lowest BCUT2D eigenvalue weighted by atomic mass is 10.1. The van der Waals surface area contributed by atoms with Crippen LogP contribution in [-0.2, 0) is 6.54 Å². The Morgan fingerprint density at radius 2 is 2.05 bits per heavy atom. The van der Waals surface area contributed by atoms with Crippen molar-refractivity contribution in [2.24, 2.45) is 0 Å². The van der Waals surface area contributed by atoms with Gasteiger partial charge in [0.2, 0.25) is 0 Å². The zero-order chi connectivity index (χ0) is 14.4. The summed E-state index contributed by atoms with van der Waals surface area (Å²) in [6.07, 6.45) is 1.74. The number of ether oxygens (including phenoxy) is 1. The van der Waals surface area contributed by atoms with E-state index in [9.17, 15) is 0 Å². The molecular formula is C17H18ClNO. The van der Waals surface area contributed by atoms with Gasteiger partial charge in [-0.25, -0.2) is 0 Å². The number of halogens is 1. The van der Waals surface area contributed by atoms with Gasteiger partial charge in [-0.05, 0) is 36.8 Å². The summed E-state index contributed by atoms with van der Waals surface area (Å²) in [5.74, 6) is 0.881. The smallest absolute Gasteiger partial charge is 0.124 e. The summed E-state index contributed by atoms with van der Waals surface area (Å²) >= 11 is 5.96. The predicted molar refractivity (Wildman–Crippen MR) is 85.6 cm³/mol. The van der Waals surface area contributed by atoms with Gasteiger partial charge in [-0.3, -0.25) is 0 Å². The van der Waals surface area contributed by atoms with E-state index in [4.69, 9.17) is 16.3 Å². The minimum absolute atomic E-state index is 0.511. The number of nitrogens with one attached hydrogen (secondary N) is 1. The average Bonchev–Trinajstić information content (AvgIpc) is 2.45. The average molecular weight is 288 g/mol. The van der Waals surface area contributed by atoms with Crippen molar-refractivity contribution in [1.82, 2.24) is 0 Å². The number of anilines is 1. The molecule has 0 saturated heterocycles. The molecular weight excluding hydrogens is 270 g/mol. The maximum atomic E-state index is 5.96. The molecule has 0 heterocycles. The molecule has 2 nitrogen and oxygen atoms in total. The Kier molecular flexibility index (Phi) is 5.08. The van der Waals surface area contributed by atoms with Gasteiger partial charge in [-0.15, -0.1) is 0 Å². The van der Waals surface area contributed by atoms with Crippen molar-refractivity contribution in [3.63, 3.8) is 0 Å². The fourth-order valence-electron chi connectivity index (χ4n) is 1.96. The highest BCUT2D eigenvalue weighted by molar-refractivity contribution is 6.30. The molecule has 0 spiro atoms. The zero-order valence-electron chi connectivity index (χ0n) is 11.5. The lowest BCUT2D eigenvalue weighted by Crippen LogP contribution is -2.04. The number of aryl methyl sites for hydroxylation is 1. The molecule has 0 aliphatic heterocycles. The van der Waals surface area contributed by atoms with Crippen LogP contribution in [-0.4, -0.2) is 6.61 Å². The fourth-order valence-corrected chi connectivity index (χ4v) is 2.18. The largest absolute Gasteiger partial charge is 0.489 e. The first-order chi connectivity index (χ1) is 9.70. The van der Waals surface area contributed by atoms with E-state index in [1.165, 1.54) is 0 Å². The molecule has 0 atom stereocenters. The topological polar surface area (TPSA) is 21.3 Å². The van der Waals surface area contributed by atoms with Crippen LogP contribution in [0.1, 0.15) is 11.1 Å². The Hall–Kier alpha value is -1.93. The van der Waals surface area contributed by atoms with Gasteiger partial charge in [0.15, 0.2) is 0 Å². The molecule has 0 bridgehead atoms. The maximum absolute atomic E-state index is 5.96. The first kappa shape index (κ1) is 14.5. The van der Waals surface area contributed by atoms with Crippen LogP contribution in [0.15, 0.2) is 55.1 Å². The van der Waals surface area contributed by atoms with Gasteiger partial charge < -0.3 is 10.1 Å². The second-order valence-corrected chi connectivity index (χ2v) is 4.96. The minimum Gasteiger partial charge on any atom is -0.489 e. The van der Waals surface area contributed by atoms with E-state index in [2.05, 4.69) is 18.0 Å². The molecule has 0 amide bonds. The SMILES string of the molecule is C=CCOc1ccccc1CNc1ccc(Cl)cc1C. The molecule has 0 aliphatic carbocycles. The number of rotatable bonds is 6. The quantitative estimate of drug-likeness (QED) is 0.769. The van der Waals surface area contributed by atoms with Crippen LogP contribution in [0, 0.1) is 6.92 Å². The van der Waals surface area contributed by atoms with E-state index in [0.29, 0.717) is 13.2 Å². The second kappa shape index (κ2) is 7.01. The molecule has 0 aromatic heterocycles. The molecule has 2 aromatic carbocycles. The minimum atomic E-state index is 0.511. The van der Waals surface area contributed by atoms with Crippen LogP contribution in [0.3, 0.4) is 0 Å². The molecule has 0 unspecified atom stereocenters. The third-order valence-corrected chi connectivity index (χ3v) is 3.22. The van der Waals surface area contributed by atoms with Crippen molar-refractivity contribution in [2.75, 3.05) is 11.9 Å². The van der Waals surface area contributed by atoms with Crippen LogP contribution < -0.4 is 10.1 Å². The molecule has 20 heavy (non-hydrogen) atoms. The zero-order valence-corrected chi connectivity index (χ0v) is 12.3. The summed E-state index contributed by atoms with van der Waals surface area (Å²) in [6, 6.07) is 13.8. The summed E-state index contributed by atoms with van der Waals surface area (Å²) in [5.41, 5.74) is 3.32. The second-order valence-electron chi connectivity index (χ2n) is 4.52. The monoisotopic (exact) mass is 287 g/mol. The third kappa shape index (κ3) is 3.78. The van der Waals surface area contributed by atoms with Gasteiger partial charge in [-0.2, -0.15) is 0 Å². The molecule has 0 saturated carbocycles. The molecule has 1 N–H and O–H groups in total. The summed E-state index contributed by atoms with van der Waals surface area (Å²) in [5, 5.41) is 4.16. The van der Waals surface area contributed by atoms with Gasteiger partial charge in [-0.1, -0.05) is 42.5 Å². The van der Waals surface area contributed by atoms with Crippen LogP contribution in [0.4, 0.5) is 5.69 Å².